The summed E-state index contributed by atoms with van der Waals surface area (Å²) in [6.45, 7) is 6.55. The monoisotopic (exact) mass is 281 g/mol. The number of hydrogen-bond acceptors (Lipinski definition) is 3. The zero-order chi connectivity index (χ0) is 14.9. The van der Waals surface area contributed by atoms with Crippen LogP contribution in [0.5, 0.6) is 0 Å². The Kier molecular flexibility index (Phi) is 3.42. The van der Waals surface area contributed by atoms with Crippen molar-refractivity contribution in [3.8, 4) is 0 Å². The maximum absolute atomic E-state index is 5.90. The highest BCUT2D eigenvalue weighted by molar-refractivity contribution is 6.00. The fourth-order valence-electron chi connectivity index (χ4n) is 2.46. The van der Waals surface area contributed by atoms with Gasteiger partial charge in [-0.2, -0.15) is 0 Å². The van der Waals surface area contributed by atoms with Gasteiger partial charge in [0.2, 0.25) is 0 Å². The lowest BCUT2D eigenvalue weighted by molar-refractivity contribution is 0.159. The molecule has 2 aromatic rings. The maximum Gasteiger partial charge on any atom is 0.258 e. The summed E-state index contributed by atoms with van der Waals surface area (Å²) in [7, 11) is 0. The van der Waals surface area contributed by atoms with Crippen molar-refractivity contribution >= 4 is 22.4 Å². The van der Waals surface area contributed by atoms with Gasteiger partial charge in [-0.25, -0.2) is 4.99 Å². The molecule has 0 radical (unpaired) electrons. The molecule has 0 saturated heterocycles. The summed E-state index contributed by atoms with van der Waals surface area (Å²) in [6, 6.07) is 14.3. The molecule has 0 fully saturated rings. The Morgan fingerprint density at radius 2 is 1.86 bits per heavy atom. The van der Waals surface area contributed by atoms with E-state index in [-0.39, 0.29) is 5.60 Å². The molecule has 0 N–H and O–H groups in total. The van der Waals surface area contributed by atoms with E-state index in [9.17, 15) is 0 Å². The smallest absolute Gasteiger partial charge is 0.258 e. The molecule has 0 saturated carbocycles. The third-order valence-corrected chi connectivity index (χ3v) is 3.34. The molecule has 1 aliphatic rings. The molecule has 2 aromatic carbocycles. The molecule has 0 bridgehead atoms. The molecular weight excluding hydrogens is 262 g/mol. The van der Waals surface area contributed by atoms with Crippen LogP contribution in [0.4, 0.5) is 5.69 Å². The van der Waals surface area contributed by atoms with Gasteiger partial charge in [-0.1, -0.05) is 36.4 Å². The summed E-state index contributed by atoms with van der Waals surface area (Å²) in [4.78, 5) is 4.68. The first-order valence-corrected chi connectivity index (χ1v) is 7.20. The topological polar surface area (TPSA) is 30.8 Å². The minimum absolute atomic E-state index is 0.381. The van der Waals surface area contributed by atoms with Crippen molar-refractivity contribution in [3.63, 3.8) is 0 Å². The molecule has 0 atom stereocenters. The Balaban J connectivity index is 2.06. The van der Waals surface area contributed by atoms with Gasteiger partial charge in [0.15, 0.2) is 5.76 Å². The third kappa shape index (κ3) is 2.77. The van der Waals surface area contributed by atoms with E-state index < -0.39 is 0 Å². The van der Waals surface area contributed by atoms with Crippen LogP contribution in [0.25, 0.3) is 10.8 Å². The van der Waals surface area contributed by atoms with E-state index in [2.05, 4.69) is 23.2 Å². The van der Waals surface area contributed by atoms with E-state index in [1.54, 1.807) is 0 Å². The Bertz CT molecular complexity index is 724. The predicted octanol–water partition coefficient (Wildman–Crippen LogP) is 4.60. The standard InChI is InChI=1S/C18H19NO2/c1-4-20-16-12-18(2,3)21-17(16)19-15-11-7-9-13-8-5-6-10-14(13)15/h5-12H,4H2,1-3H3. The molecule has 0 spiro atoms. The van der Waals surface area contributed by atoms with Crippen LogP contribution in [0.2, 0.25) is 0 Å². The van der Waals surface area contributed by atoms with Gasteiger partial charge in [-0.15, -0.1) is 0 Å². The first-order chi connectivity index (χ1) is 10.1. The van der Waals surface area contributed by atoms with Crippen molar-refractivity contribution in [2.45, 2.75) is 26.4 Å². The Hall–Kier alpha value is -2.29. The van der Waals surface area contributed by atoms with E-state index in [0.29, 0.717) is 12.5 Å². The van der Waals surface area contributed by atoms with Crippen LogP contribution in [0, 0.1) is 0 Å². The number of ether oxygens (including phenoxy) is 2. The zero-order valence-electron chi connectivity index (χ0n) is 12.6. The zero-order valence-corrected chi connectivity index (χ0v) is 12.6. The molecule has 21 heavy (non-hydrogen) atoms. The Morgan fingerprint density at radius 3 is 2.67 bits per heavy atom. The summed E-state index contributed by atoms with van der Waals surface area (Å²) >= 11 is 0. The van der Waals surface area contributed by atoms with Crippen molar-refractivity contribution in [2.75, 3.05) is 6.61 Å². The summed E-state index contributed by atoms with van der Waals surface area (Å²) in [5.41, 5.74) is 0.514. The van der Waals surface area contributed by atoms with Gasteiger partial charge in [0, 0.05) is 11.5 Å². The van der Waals surface area contributed by atoms with Crippen LogP contribution < -0.4 is 0 Å². The molecule has 3 rings (SSSR count). The molecule has 3 heteroatoms. The molecular formula is C18H19NO2. The van der Waals surface area contributed by atoms with Crippen molar-refractivity contribution < 1.29 is 9.47 Å². The van der Waals surface area contributed by atoms with Crippen molar-refractivity contribution in [2.24, 2.45) is 4.99 Å². The second kappa shape index (κ2) is 5.24. The Morgan fingerprint density at radius 1 is 1.10 bits per heavy atom. The lowest BCUT2D eigenvalue weighted by Crippen LogP contribution is -2.18. The average Bonchev–Trinajstić information content (AvgIpc) is 2.74. The summed E-state index contributed by atoms with van der Waals surface area (Å²) in [5.74, 6) is 1.27. The van der Waals surface area contributed by atoms with E-state index in [4.69, 9.17) is 9.47 Å². The molecule has 0 amide bonds. The number of nitrogens with zero attached hydrogens (tertiary/aromatic N) is 1. The van der Waals surface area contributed by atoms with Gasteiger partial charge >= 0.3 is 0 Å². The van der Waals surface area contributed by atoms with Gasteiger partial charge in [0.1, 0.15) is 5.60 Å². The first-order valence-electron chi connectivity index (χ1n) is 7.20. The van der Waals surface area contributed by atoms with Crippen LogP contribution in [-0.4, -0.2) is 18.1 Å². The predicted molar refractivity (Wildman–Crippen MR) is 85.9 cm³/mol. The highest BCUT2D eigenvalue weighted by atomic mass is 16.6. The number of hydrogen-bond donors (Lipinski definition) is 0. The molecule has 0 aromatic heterocycles. The normalized spacial score (nSPS) is 18.6. The molecule has 1 aliphatic heterocycles. The van der Waals surface area contributed by atoms with Gasteiger partial charge in [-0.05, 0) is 32.2 Å². The van der Waals surface area contributed by atoms with Crippen LogP contribution in [-0.2, 0) is 9.47 Å². The van der Waals surface area contributed by atoms with E-state index in [1.807, 2.05) is 51.1 Å². The minimum atomic E-state index is -0.381. The van der Waals surface area contributed by atoms with E-state index in [0.717, 1.165) is 16.8 Å². The largest absolute Gasteiger partial charge is 0.488 e. The maximum atomic E-state index is 5.90. The molecule has 1 heterocycles. The van der Waals surface area contributed by atoms with Crippen LogP contribution in [0.3, 0.4) is 0 Å². The van der Waals surface area contributed by atoms with Gasteiger partial charge in [0.05, 0.1) is 12.3 Å². The second-order valence-electron chi connectivity index (χ2n) is 5.56. The van der Waals surface area contributed by atoms with Gasteiger partial charge < -0.3 is 9.47 Å². The Labute approximate surface area is 124 Å². The molecule has 0 unspecified atom stereocenters. The van der Waals surface area contributed by atoms with Crippen LogP contribution in [0.15, 0.2) is 59.3 Å². The number of fused-ring (bicyclic) bond motifs is 1. The SMILES string of the molecule is CCOC1=CC(C)(C)OC1=Nc1cccc2ccccc12. The van der Waals surface area contributed by atoms with E-state index in [1.165, 1.54) is 5.39 Å². The lowest BCUT2D eigenvalue weighted by atomic mass is 10.1. The van der Waals surface area contributed by atoms with Gasteiger partial charge in [-0.3, -0.25) is 0 Å². The minimum Gasteiger partial charge on any atom is -0.488 e. The fraction of sp³-hybridized carbons (Fsp3) is 0.278. The second-order valence-corrected chi connectivity index (χ2v) is 5.56. The summed E-state index contributed by atoms with van der Waals surface area (Å²) in [6.07, 6.45) is 1.97. The van der Waals surface area contributed by atoms with Crippen LogP contribution >= 0.6 is 0 Å². The number of rotatable bonds is 3. The highest BCUT2D eigenvalue weighted by Gasteiger charge is 2.31. The summed E-state index contributed by atoms with van der Waals surface area (Å²) in [5, 5.41) is 2.27. The molecule has 0 aliphatic carbocycles. The third-order valence-electron chi connectivity index (χ3n) is 3.34. The number of aliphatic imine (C=N–C) groups is 1. The van der Waals surface area contributed by atoms with Gasteiger partial charge in [0.25, 0.3) is 5.90 Å². The quantitative estimate of drug-likeness (QED) is 0.823. The molecule has 3 nitrogen and oxygen atoms in total. The molecule has 108 valence electrons. The van der Waals surface area contributed by atoms with Crippen molar-refractivity contribution in [1.82, 2.24) is 0 Å². The fourth-order valence-corrected chi connectivity index (χ4v) is 2.46. The average molecular weight is 281 g/mol. The lowest BCUT2D eigenvalue weighted by Gasteiger charge is -2.15. The first kappa shape index (κ1) is 13.7. The summed E-state index contributed by atoms with van der Waals surface area (Å²) < 4.78 is 11.5. The number of benzene rings is 2. The van der Waals surface area contributed by atoms with Crippen LogP contribution in [0.1, 0.15) is 20.8 Å². The van der Waals surface area contributed by atoms with E-state index >= 15 is 0 Å². The van der Waals surface area contributed by atoms with Crippen molar-refractivity contribution in [1.29, 1.82) is 0 Å². The highest BCUT2D eigenvalue weighted by Crippen LogP contribution is 2.31. The van der Waals surface area contributed by atoms with Crippen molar-refractivity contribution in [3.05, 3.63) is 54.3 Å².